The van der Waals surface area contributed by atoms with E-state index in [0.29, 0.717) is 11.4 Å². The molecule has 0 bridgehead atoms. The molecule has 1 aromatic heterocycles. The molecule has 0 saturated heterocycles. The fourth-order valence-corrected chi connectivity index (χ4v) is 3.99. The largest absolute Gasteiger partial charge is 0.416 e. The summed E-state index contributed by atoms with van der Waals surface area (Å²) in [5, 5.41) is 0. The molecule has 0 fully saturated rings. The van der Waals surface area contributed by atoms with Gasteiger partial charge in [0.05, 0.1) is 15.8 Å². The molecular weight excluding hydrogens is 329 g/mol. The lowest BCUT2D eigenvalue weighted by atomic mass is 10.1. The van der Waals surface area contributed by atoms with Gasteiger partial charge in [-0.05, 0) is 35.9 Å². The molecule has 114 valence electrons. The highest BCUT2D eigenvalue weighted by Gasteiger charge is 2.29. The van der Waals surface area contributed by atoms with E-state index < -0.39 is 11.7 Å². The predicted octanol–water partition coefficient (Wildman–Crippen LogP) is 5.19. The minimum atomic E-state index is -4.29. The van der Waals surface area contributed by atoms with Gasteiger partial charge in [-0.1, -0.05) is 23.9 Å². The molecule has 2 nitrogen and oxygen atoms in total. The first-order chi connectivity index (χ1) is 10.4. The van der Waals surface area contributed by atoms with E-state index in [-0.39, 0.29) is 0 Å². The molecular formula is C15H11F3N2S2. The zero-order valence-electron chi connectivity index (χ0n) is 11.2. The van der Waals surface area contributed by atoms with Gasteiger partial charge in [0.25, 0.3) is 0 Å². The lowest BCUT2D eigenvalue weighted by Crippen LogP contribution is -2.04. The Balaban J connectivity index is 1.71. The van der Waals surface area contributed by atoms with Crippen LogP contribution >= 0.6 is 23.1 Å². The summed E-state index contributed by atoms with van der Waals surface area (Å²) < 4.78 is 39.4. The van der Waals surface area contributed by atoms with E-state index in [1.54, 1.807) is 6.07 Å². The number of nitrogen functional groups attached to an aromatic ring is 1. The molecule has 0 spiro atoms. The second-order valence-corrected chi connectivity index (χ2v) is 6.94. The minimum absolute atomic E-state index is 0.577. The normalized spacial score (nSPS) is 12.0. The number of anilines is 1. The summed E-state index contributed by atoms with van der Waals surface area (Å²) in [5.74, 6) is 0.577. The highest BCUT2D eigenvalue weighted by atomic mass is 32.2. The first kappa shape index (κ1) is 15.2. The van der Waals surface area contributed by atoms with Crippen molar-refractivity contribution < 1.29 is 13.2 Å². The average Bonchev–Trinajstić information content (AvgIpc) is 2.86. The van der Waals surface area contributed by atoms with E-state index in [1.165, 1.54) is 35.2 Å². The van der Waals surface area contributed by atoms with Crippen molar-refractivity contribution in [1.82, 2.24) is 4.98 Å². The first-order valence-corrected chi connectivity index (χ1v) is 8.17. The number of halogens is 3. The Morgan fingerprint density at radius 3 is 2.50 bits per heavy atom. The van der Waals surface area contributed by atoms with Crippen molar-refractivity contribution in [2.45, 2.75) is 16.3 Å². The van der Waals surface area contributed by atoms with E-state index in [4.69, 9.17) is 5.73 Å². The summed E-state index contributed by atoms with van der Waals surface area (Å²) in [6, 6.07) is 10.7. The number of thiazole rings is 1. The van der Waals surface area contributed by atoms with E-state index >= 15 is 0 Å². The quantitative estimate of drug-likeness (QED) is 0.527. The Hall–Kier alpha value is -1.73. The number of nitrogens with two attached hydrogens (primary N) is 1. The molecule has 0 aliphatic rings. The van der Waals surface area contributed by atoms with Crippen LogP contribution in [0.15, 0.2) is 46.8 Å². The predicted molar refractivity (Wildman–Crippen MR) is 85.0 cm³/mol. The number of aromatic nitrogens is 1. The van der Waals surface area contributed by atoms with E-state index in [9.17, 15) is 13.2 Å². The number of nitrogens with zero attached hydrogens (tertiary/aromatic N) is 1. The molecule has 1 heterocycles. The van der Waals surface area contributed by atoms with E-state index in [2.05, 4.69) is 4.98 Å². The molecule has 22 heavy (non-hydrogen) atoms. The number of alkyl halides is 3. The van der Waals surface area contributed by atoms with Gasteiger partial charge >= 0.3 is 6.18 Å². The molecule has 0 atom stereocenters. The Kier molecular flexibility index (Phi) is 4.01. The second kappa shape index (κ2) is 5.81. The molecule has 0 saturated carbocycles. The van der Waals surface area contributed by atoms with Crippen molar-refractivity contribution in [3.8, 4) is 0 Å². The molecule has 3 rings (SSSR count). The summed E-state index contributed by atoms with van der Waals surface area (Å²) in [4.78, 5) is 4.47. The van der Waals surface area contributed by atoms with E-state index in [1.807, 2.05) is 12.1 Å². The Bertz CT molecular complexity index is 795. The summed E-state index contributed by atoms with van der Waals surface area (Å²) in [5.41, 5.74) is 7.50. The number of rotatable bonds is 3. The van der Waals surface area contributed by atoms with Crippen molar-refractivity contribution in [2.75, 3.05) is 5.73 Å². The number of hydrogen-bond acceptors (Lipinski definition) is 4. The SMILES string of the molecule is Nc1ccc2nc(SCc3ccc(C(F)(F)F)cc3)sc2c1. The Labute approximate surface area is 133 Å². The summed E-state index contributed by atoms with van der Waals surface area (Å²) in [6.07, 6.45) is -4.29. The van der Waals surface area contributed by atoms with Crippen LogP contribution in [0.25, 0.3) is 10.2 Å². The fourth-order valence-electron chi connectivity index (χ4n) is 1.92. The maximum absolute atomic E-state index is 12.5. The molecule has 7 heteroatoms. The van der Waals surface area contributed by atoms with Crippen LogP contribution in [0, 0.1) is 0 Å². The maximum atomic E-state index is 12.5. The lowest BCUT2D eigenvalue weighted by molar-refractivity contribution is -0.137. The van der Waals surface area contributed by atoms with Crippen LogP contribution in [0.4, 0.5) is 18.9 Å². The van der Waals surface area contributed by atoms with Crippen molar-refractivity contribution >= 4 is 39.0 Å². The van der Waals surface area contributed by atoms with Crippen molar-refractivity contribution in [1.29, 1.82) is 0 Å². The fraction of sp³-hybridized carbons (Fsp3) is 0.133. The summed E-state index contributed by atoms with van der Waals surface area (Å²) >= 11 is 3.03. The van der Waals surface area contributed by atoms with Crippen LogP contribution in [-0.4, -0.2) is 4.98 Å². The van der Waals surface area contributed by atoms with Crippen molar-refractivity contribution in [3.05, 3.63) is 53.6 Å². The number of thioether (sulfide) groups is 1. The summed E-state index contributed by atoms with van der Waals surface area (Å²) in [7, 11) is 0. The van der Waals surface area contributed by atoms with Crippen LogP contribution in [0.3, 0.4) is 0 Å². The molecule has 2 aromatic carbocycles. The minimum Gasteiger partial charge on any atom is -0.399 e. The zero-order valence-corrected chi connectivity index (χ0v) is 12.9. The monoisotopic (exact) mass is 340 g/mol. The van der Waals surface area contributed by atoms with Crippen LogP contribution in [0.5, 0.6) is 0 Å². The van der Waals surface area contributed by atoms with E-state index in [0.717, 1.165) is 32.3 Å². The van der Waals surface area contributed by atoms with Crippen LogP contribution in [0.2, 0.25) is 0 Å². The highest BCUT2D eigenvalue weighted by molar-refractivity contribution is 8.00. The van der Waals surface area contributed by atoms with Crippen LogP contribution in [-0.2, 0) is 11.9 Å². The van der Waals surface area contributed by atoms with Crippen LogP contribution < -0.4 is 5.73 Å². The van der Waals surface area contributed by atoms with Gasteiger partial charge in [0, 0.05) is 11.4 Å². The third-order valence-corrected chi connectivity index (χ3v) is 5.27. The topological polar surface area (TPSA) is 38.9 Å². The average molecular weight is 340 g/mol. The van der Waals surface area contributed by atoms with Gasteiger partial charge in [-0.2, -0.15) is 13.2 Å². The third kappa shape index (κ3) is 3.36. The number of fused-ring (bicyclic) bond motifs is 1. The maximum Gasteiger partial charge on any atom is 0.416 e. The molecule has 0 aliphatic heterocycles. The van der Waals surface area contributed by atoms with Gasteiger partial charge in [-0.25, -0.2) is 4.98 Å². The van der Waals surface area contributed by atoms with Crippen LogP contribution in [0.1, 0.15) is 11.1 Å². The molecule has 3 aromatic rings. The van der Waals surface area contributed by atoms with Crippen molar-refractivity contribution in [3.63, 3.8) is 0 Å². The van der Waals surface area contributed by atoms with Gasteiger partial charge in [0.1, 0.15) is 0 Å². The molecule has 0 aliphatic carbocycles. The van der Waals surface area contributed by atoms with Gasteiger partial charge in [-0.3, -0.25) is 0 Å². The van der Waals surface area contributed by atoms with Gasteiger partial charge in [-0.15, -0.1) is 11.3 Å². The Morgan fingerprint density at radius 2 is 1.82 bits per heavy atom. The highest BCUT2D eigenvalue weighted by Crippen LogP contribution is 2.33. The number of benzene rings is 2. The van der Waals surface area contributed by atoms with Gasteiger partial charge in [0.2, 0.25) is 0 Å². The molecule has 0 amide bonds. The second-order valence-electron chi connectivity index (χ2n) is 4.69. The zero-order chi connectivity index (χ0) is 15.7. The standard InChI is InChI=1S/C15H11F3N2S2/c16-15(17,18)10-3-1-9(2-4-10)8-21-14-20-12-6-5-11(19)7-13(12)22-14/h1-7H,8,19H2. The third-order valence-electron chi connectivity index (χ3n) is 3.04. The first-order valence-electron chi connectivity index (χ1n) is 6.37. The van der Waals surface area contributed by atoms with Gasteiger partial charge in [0.15, 0.2) is 4.34 Å². The molecule has 0 unspecified atom stereocenters. The van der Waals surface area contributed by atoms with Gasteiger partial charge < -0.3 is 5.73 Å². The van der Waals surface area contributed by atoms with Crippen molar-refractivity contribution in [2.24, 2.45) is 0 Å². The lowest BCUT2D eigenvalue weighted by Gasteiger charge is -2.06. The summed E-state index contributed by atoms with van der Waals surface area (Å²) in [6.45, 7) is 0. The number of hydrogen-bond donors (Lipinski definition) is 1. The smallest absolute Gasteiger partial charge is 0.399 e. The molecule has 2 N–H and O–H groups in total. The Morgan fingerprint density at radius 1 is 1.09 bits per heavy atom. The molecule has 0 radical (unpaired) electrons.